The molecule has 0 radical (unpaired) electrons. The molecule has 8 heteroatoms. The van der Waals surface area contributed by atoms with Crippen molar-refractivity contribution in [2.75, 3.05) is 13.7 Å². The molecule has 0 aliphatic heterocycles. The van der Waals surface area contributed by atoms with E-state index in [1.54, 1.807) is 19.4 Å². The van der Waals surface area contributed by atoms with E-state index in [2.05, 4.69) is 15.4 Å². The third kappa shape index (κ3) is 4.18. The van der Waals surface area contributed by atoms with Gasteiger partial charge in [-0.1, -0.05) is 12.1 Å². The molecule has 0 saturated carbocycles. The minimum Gasteiger partial charge on any atom is -0.497 e. The van der Waals surface area contributed by atoms with Crippen LogP contribution in [0.2, 0.25) is 0 Å². The quantitative estimate of drug-likeness (QED) is 0.669. The molecular weight excluding hydrogens is 312 g/mol. The second kappa shape index (κ2) is 7.71. The van der Waals surface area contributed by atoms with Crippen molar-refractivity contribution in [2.45, 2.75) is 19.3 Å². The summed E-state index contributed by atoms with van der Waals surface area (Å²) in [6.07, 6.45) is 0.835. The summed E-state index contributed by atoms with van der Waals surface area (Å²) in [6.45, 7) is 0.649. The van der Waals surface area contributed by atoms with E-state index in [0.717, 1.165) is 11.3 Å². The van der Waals surface area contributed by atoms with Crippen LogP contribution in [-0.2, 0) is 17.9 Å². The molecule has 0 amide bonds. The highest BCUT2D eigenvalue weighted by Gasteiger charge is 2.11. The third-order valence-corrected chi connectivity index (χ3v) is 3.29. The molecule has 24 heavy (non-hydrogen) atoms. The van der Waals surface area contributed by atoms with Gasteiger partial charge in [0.1, 0.15) is 18.1 Å². The third-order valence-electron chi connectivity index (χ3n) is 3.29. The number of aromatic nitrogens is 4. The maximum Gasteiger partial charge on any atom is 0.205 e. The van der Waals surface area contributed by atoms with Crippen LogP contribution in [0.25, 0.3) is 11.4 Å². The number of aliphatic hydroxyl groups is 1. The van der Waals surface area contributed by atoms with E-state index in [1.807, 2.05) is 30.3 Å². The summed E-state index contributed by atoms with van der Waals surface area (Å²) in [5.74, 6) is 1.90. The fourth-order valence-electron chi connectivity index (χ4n) is 2.13. The summed E-state index contributed by atoms with van der Waals surface area (Å²) in [6, 6.07) is 11.0. The zero-order chi connectivity index (χ0) is 16.8. The van der Waals surface area contributed by atoms with Gasteiger partial charge in [-0.05, 0) is 29.5 Å². The van der Waals surface area contributed by atoms with E-state index < -0.39 is 6.10 Å². The summed E-state index contributed by atoms with van der Waals surface area (Å²) in [5, 5.41) is 22.2. The first-order chi connectivity index (χ1) is 11.7. The summed E-state index contributed by atoms with van der Waals surface area (Å²) < 4.78 is 15.7. The molecule has 1 aromatic carbocycles. The number of hydrogen-bond acceptors (Lipinski definition) is 7. The van der Waals surface area contributed by atoms with E-state index in [4.69, 9.17) is 13.9 Å². The highest BCUT2D eigenvalue weighted by Crippen LogP contribution is 2.19. The molecule has 126 valence electrons. The lowest BCUT2D eigenvalue weighted by Gasteiger charge is -2.09. The van der Waals surface area contributed by atoms with E-state index in [9.17, 15) is 5.11 Å². The van der Waals surface area contributed by atoms with Crippen LogP contribution in [0.15, 0.2) is 47.1 Å². The monoisotopic (exact) mass is 330 g/mol. The second-order valence-corrected chi connectivity index (χ2v) is 5.15. The molecule has 0 aliphatic rings. The van der Waals surface area contributed by atoms with Gasteiger partial charge < -0.3 is 19.0 Å². The Morgan fingerprint density at radius 2 is 2.21 bits per heavy atom. The van der Waals surface area contributed by atoms with Gasteiger partial charge in [-0.3, -0.25) is 0 Å². The van der Waals surface area contributed by atoms with E-state index in [1.165, 1.54) is 4.80 Å². The van der Waals surface area contributed by atoms with E-state index >= 15 is 0 Å². The Balaban J connectivity index is 1.53. The van der Waals surface area contributed by atoms with Crippen molar-refractivity contribution in [1.82, 2.24) is 20.2 Å². The van der Waals surface area contributed by atoms with Gasteiger partial charge in [0, 0.05) is 5.56 Å². The number of tetrazole rings is 1. The number of nitrogens with zero attached hydrogens (tertiary/aromatic N) is 4. The van der Waals surface area contributed by atoms with Crippen LogP contribution in [-0.4, -0.2) is 45.1 Å². The molecule has 0 unspecified atom stereocenters. The van der Waals surface area contributed by atoms with Gasteiger partial charge in [0.25, 0.3) is 0 Å². The SMILES string of the molecule is COc1cccc(-c2nnn(C[C@@H](O)COCc3ccco3)n2)c1. The average molecular weight is 330 g/mol. The molecular formula is C16H18N4O4. The Morgan fingerprint density at radius 3 is 3.00 bits per heavy atom. The summed E-state index contributed by atoms with van der Waals surface area (Å²) in [5.41, 5.74) is 0.796. The molecule has 0 saturated heterocycles. The van der Waals surface area contributed by atoms with Crippen molar-refractivity contribution in [1.29, 1.82) is 0 Å². The summed E-state index contributed by atoms with van der Waals surface area (Å²) in [7, 11) is 1.60. The normalized spacial score (nSPS) is 12.2. The van der Waals surface area contributed by atoms with Crippen LogP contribution in [0.1, 0.15) is 5.76 Å². The second-order valence-electron chi connectivity index (χ2n) is 5.15. The van der Waals surface area contributed by atoms with Crippen LogP contribution in [0.3, 0.4) is 0 Å². The minimum absolute atomic E-state index is 0.150. The fourth-order valence-corrected chi connectivity index (χ4v) is 2.13. The van der Waals surface area contributed by atoms with Crippen LogP contribution in [0.4, 0.5) is 0 Å². The molecule has 0 aliphatic carbocycles. The predicted octanol–water partition coefficient (Wildman–Crippen LogP) is 1.52. The lowest BCUT2D eigenvalue weighted by atomic mass is 10.2. The zero-order valence-corrected chi connectivity index (χ0v) is 13.2. The predicted molar refractivity (Wildman–Crippen MR) is 84.2 cm³/mol. The van der Waals surface area contributed by atoms with Gasteiger partial charge in [0.05, 0.1) is 32.6 Å². The maximum atomic E-state index is 9.99. The average Bonchev–Trinajstić information content (AvgIpc) is 3.27. The van der Waals surface area contributed by atoms with E-state index in [0.29, 0.717) is 18.2 Å². The molecule has 3 aromatic rings. The Labute approximate surface area is 138 Å². The molecule has 3 rings (SSSR count). The number of benzene rings is 1. The minimum atomic E-state index is -0.743. The zero-order valence-electron chi connectivity index (χ0n) is 13.2. The molecule has 0 fully saturated rings. The van der Waals surface area contributed by atoms with Crippen molar-refractivity contribution < 1.29 is 19.0 Å². The Morgan fingerprint density at radius 1 is 1.29 bits per heavy atom. The largest absolute Gasteiger partial charge is 0.497 e. The Bertz CT molecular complexity index is 757. The van der Waals surface area contributed by atoms with Crippen LogP contribution in [0, 0.1) is 0 Å². The van der Waals surface area contributed by atoms with Crippen LogP contribution in [0.5, 0.6) is 5.75 Å². The summed E-state index contributed by atoms with van der Waals surface area (Å²) >= 11 is 0. The van der Waals surface area contributed by atoms with Gasteiger partial charge in [-0.25, -0.2) is 0 Å². The lowest BCUT2D eigenvalue weighted by molar-refractivity contribution is 0.0111. The maximum absolute atomic E-state index is 9.99. The standard InChI is InChI=1S/C16H18N4O4/c1-22-14-5-2-4-12(8-14)16-17-19-20(18-16)9-13(21)10-23-11-15-6-3-7-24-15/h2-8,13,21H,9-11H2,1H3/t13-/m1/s1. The number of rotatable bonds is 8. The van der Waals surface area contributed by atoms with Crippen molar-refractivity contribution in [3.8, 4) is 17.1 Å². The number of ether oxygens (including phenoxy) is 2. The molecule has 2 aromatic heterocycles. The first-order valence-corrected chi connectivity index (χ1v) is 7.45. The molecule has 0 bridgehead atoms. The number of methoxy groups -OCH3 is 1. The van der Waals surface area contributed by atoms with Gasteiger partial charge in [0.15, 0.2) is 0 Å². The summed E-state index contributed by atoms with van der Waals surface area (Å²) in [4.78, 5) is 1.34. The van der Waals surface area contributed by atoms with Gasteiger partial charge >= 0.3 is 0 Å². The van der Waals surface area contributed by atoms with Crippen molar-refractivity contribution in [2.24, 2.45) is 0 Å². The topological polar surface area (TPSA) is 95.4 Å². The van der Waals surface area contributed by atoms with Crippen LogP contribution >= 0.6 is 0 Å². The first kappa shape index (κ1) is 16.2. The molecule has 0 spiro atoms. The number of furan rings is 1. The lowest BCUT2D eigenvalue weighted by Crippen LogP contribution is -2.23. The van der Waals surface area contributed by atoms with Gasteiger partial charge in [0.2, 0.25) is 5.82 Å². The highest BCUT2D eigenvalue weighted by atomic mass is 16.5. The highest BCUT2D eigenvalue weighted by molar-refractivity contribution is 5.56. The van der Waals surface area contributed by atoms with Gasteiger partial charge in [-0.2, -0.15) is 4.80 Å². The number of aliphatic hydroxyl groups excluding tert-OH is 1. The van der Waals surface area contributed by atoms with E-state index in [-0.39, 0.29) is 13.2 Å². The molecule has 8 nitrogen and oxygen atoms in total. The van der Waals surface area contributed by atoms with Crippen molar-refractivity contribution in [3.05, 3.63) is 48.4 Å². The molecule has 1 N–H and O–H groups in total. The van der Waals surface area contributed by atoms with Crippen molar-refractivity contribution in [3.63, 3.8) is 0 Å². The first-order valence-electron chi connectivity index (χ1n) is 7.45. The fraction of sp³-hybridized carbons (Fsp3) is 0.312. The number of hydrogen-bond donors (Lipinski definition) is 1. The Hall–Kier alpha value is -2.71. The van der Waals surface area contributed by atoms with Crippen LogP contribution < -0.4 is 4.74 Å². The van der Waals surface area contributed by atoms with Crippen molar-refractivity contribution >= 4 is 0 Å². The Kier molecular flexibility index (Phi) is 5.19. The molecule has 2 heterocycles. The van der Waals surface area contributed by atoms with Gasteiger partial charge in [-0.15, -0.1) is 10.2 Å². The molecule has 1 atom stereocenters. The smallest absolute Gasteiger partial charge is 0.205 e.